The van der Waals surface area contributed by atoms with Crippen LogP contribution in [0.4, 0.5) is 4.79 Å². The second-order valence-corrected chi connectivity index (χ2v) is 7.18. The molecule has 0 aromatic carbocycles. The summed E-state index contributed by atoms with van der Waals surface area (Å²) in [5.41, 5.74) is 0. The Morgan fingerprint density at radius 2 is 1.62 bits per heavy atom. The lowest BCUT2D eigenvalue weighted by Crippen LogP contribution is -2.64. The van der Waals surface area contributed by atoms with Gasteiger partial charge in [0.05, 0.1) is 0 Å². The van der Waals surface area contributed by atoms with Crippen molar-refractivity contribution in [2.75, 3.05) is 26.7 Å². The van der Waals surface area contributed by atoms with E-state index in [1.165, 1.54) is 38.5 Å². The van der Waals surface area contributed by atoms with Crippen LogP contribution in [0.15, 0.2) is 4.99 Å². The van der Waals surface area contributed by atoms with Crippen LogP contribution in [0.5, 0.6) is 0 Å². The molecule has 2 unspecified atom stereocenters. The maximum Gasteiger partial charge on any atom is 0.325 e. The Hall–Kier alpha value is -1.79. The summed E-state index contributed by atoms with van der Waals surface area (Å²) in [7, 11) is 1.71. The third-order valence-corrected chi connectivity index (χ3v) is 5.39. The van der Waals surface area contributed by atoms with Gasteiger partial charge in [-0.1, -0.05) is 45.4 Å². The van der Waals surface area contributed by atoms with Crippen molar-refractivity contribution in [2.45, 2.75) is 77.9 Å². The van der Waals surface area contributed by atoms with Gasteiger partial charge in [0.15, 0.2) is 18.2 Å². The minimum absolute atomic E-state index is 0.230. The molecule has 26 heavy (non-hydrogen) atoms. The van der Waals surface area contributed by atoms with Gasteiger partial charge in [-0.2, -0.15) is 0 Å². The van der Waals surface area contributed by atoms with E-state index in [0.717, 1.165) is 32.0 Å². The molecule has 0 aliphatic carbocycles. The molecular weight excluding hydrogens is 330 g/mol. The average Bonchev–Trinajstić information content (AvgIpc) is 3.00. The van der Waals surface area contributed by atoms with Crippen LogP contribution in [0.3, 0.4) is 0 Å². The lowest BCUT2D eigenvalue weighted by atomic mass is 10.1. The fraction of sp³-hybridized carbons (Fsp3) is 0.842. The highest BCUT2D eigenvalue weighted by molar-refractivity contribution is 6.03. The van der Waals surface area contributed by atoms with Crippen molar-refractivity contribution < 1.29 is 9.59 Å². The first-order valence-electron chi connectivity index (χ1n) is 10.2. The van der Waals surface area contributed by atoms with Crippen LogP contribution in [0.25, 0.3) is 0 Å². The molecule has 0 radical (unpaired) electrons. The van der Waals surface area contributed by atoms with Gasteiger partial charge in [-0.05, 0) is 20.3 Å². The number of hydrogen-bond acceptors (Lipinski definition) is 5. The number of hydrogen-bond donors (Lipinski definition) is 1. The summed E-state index contributed by atoms with van der Waals surface area (Å²) in [5, 5.41) is 2.47. The van der Waals surface area contributed by atoms with E-state index in [0.29, 0.717) is 0 Å². The zero-order valence-electron chi connectivity index (χ0n) is 16.8. The van der Waals surface area contributed by atoms with E-state index < -0.39 is 12.2 Å². The molecular formula is C19H35N5O2. The van der Waals surface area contributed by atoms with Crippen molar-refractivity contribution in [1.82, 2.24) is 20.0 Å². The molecule has 148 valence electrons. The van der Waals surface area contributed by atoms with Gasteiger partial charge in [-0.3, -0.25) is 10.1 Å². The second kappa shape index (κ2) is 9.78. The summed E-state index contributed by atoms with van der Waals surface area (Å²) in [6, 6.07) is -0.773. The molecule has 1 saturated heterocycles. The molecule has 0 aromatic heterocycles. The molecule has 0 bridgehead atoms. The number of imide groups is 1. The molecule has 0 spiro atoms. The van der Waals surface area contributed by atoms with Gasteiger partial charge in [0, 0.05) is 26.7 Å². The number of guanidine groups is 1. The predicted octanol–water partition coefficient (Wildman–Crippen LogP) is 2.63. The molecule has 2 rings (SSSR count). The quantitative estimate of drug-likeness (QED) is 0.604. The van der Waals surface area contributed by atoms with E-state index in [4.69, 9.17) is 4.99 Å². The van der Waals surface area contributed by atoms with Crippen LogP contribution in [0.2, 0.25) is 0 Å². The summed E-state index contributed by atoms with van der Waals surface area (Å²) in [4.78, 5) is 35.0. The monoisotopic (exact) mass is 365 g/mol. The number of carbonyl (C=O) groups is 2. The number of nitrogens with one attached hydrogen (secondary N) is 1. The molecule has 0 saturated carbocycles. The topological polar surface area (TPSA) is 68.2 Å². The van der Waals surface area contributed by atoms with E-state index in [-0.39, 0.29) is 11.9 Å². The van der Waals surface area contributed by atoms with Crippen LogP contribution >= 0.6 is 0 Å². The van der Waals surface area contributed by atoms with E-state index >= 15 is 0 Å². The smallest absolute Gasteiger partial charge is 0.325 e. The summed E-state index contributed by atoms with van der Waals surface area (Å²) in [5.74, 6) is 0.625. The lowest BCUT2D eigenvalue weighted by molar-refractivity contribution is -0.127. The summed E-state index contributed by atoms with van der Waals surface area (Å²) in [6.45, 7) is 8.89. The van der Waals surface area contributed by atoms with Crippen molar-refractivity contribution in [3.63, 3.8) is 0 Å². The third-order valence-electron chi connectivity index (χ3n) is 5.39. The highest BCUT2D eigenvalue weighted by Crippen LogP contribution is 2.26. The van der Waals surface area contributed by atoms with Gasteiger partial charge in [-0.15, -0.1) is 0 Å². The van der Waals surface area contributed by atoms with Gasteiger partial charge in [0.25, 0.3) is 5.91 Å². The maximum absolute atomic E-state index is 12.5. The number of urea groups is 1. The van der Waals surface area contributed by atoms with Crippen LogP contribution < -0.4 is 5.32 Å². The molecule has 1 fully saturated rings. The second-order valence-electron chi connectivity index (χ2n) is 7.18. The van der Waals surface area contributed by atoms with E-state index in [1.807, 2.05) is 0 Å². The molecule has 3 amide bonds. The van der Waals surface area contributed by atoms with Crippen LogP contribution in [-0.4, -0.2) is 71.5 Å². The number of fused-ring (bicyclic) bond motifs is 1. The van der Waals surface area contributed by atoms with E-state index in [9.17, 15) is 9.59 Å². The first-order chi connectivity index (χ1) is 12.5. The first-order valence-corrected chi connectivity index (χ1v) is 10.2. The lowest BCUT2D eigenvalue weighted by Gasteiger charge is -2.37. The zero-order valence-corrected chi connectivity index (χ0v) is 16.8. The summed E-state index contributed by atoms with van der Waals surface area (Å²) < 4.78 is 0. The zero-order chi connectivity index (χ0) is 19.1. The molecule has 7 heteroatoms. The number of carbonyl (C=O) groups excluding carboxylic acids is 2. The van der Waals surface area contributed by atoms with Gasteiger partial charge in [0.1, 0.15) is 0 Å². The highest BCUT2D eigenvalue weighted by atomic mass is 16.2. The summed E-state index contributed by atoms with van der Waals surface area (Å²) in [6.07, 6.45) is 8.21. The Bertz CT molecular complexity index is 518. The number of aliphatic imine (C=N–C) groups is 1. The molecule has 2 aliphatic heterocycles. The first kappa shape index (κ1) is 20.5. The van der Waals surface area contributed by atoms with Gasteiger partial charge < -0.3 is 14.7 Å². The Kier molecular flexibility index (Phi) is 7.72. The number of rotatable bonds is 10. The minimum Gasteiger partial charge on any atom is -0.343 e. The SMILES string of the molecule is CCCCCCCCCN1C(N(CC)CC)=NC2C1C(=O)NC(=O)N2C. The van der Waals surface area contributed by atoms with Crippen LogP contribution in [0, 0.1) is 0 Å². The fourth-order valence-electron chi connectivity index (χ4n) is 3.76. The number of unbranched alkanes of at least 4 members (excludes halogenated alkanes) is 6. The molecule has 7 nitrogen and oxygen atoms in total. The third kappa shape index (κ3) is 4.48. The van der Waals surface area contributed by atoms with Crippen molar-refractivity contribution in [3.8, 4) is 0 Å². The number of amides is 3. The molecule has 2 aliphatic rings. The normalized spacial score (nSPS) is 22.4. The minimum atomic E-state index is -0.420. The molecule has 0 aromatic rings. The fourth-order valence-corrected chi connectivity index (χ4v) is 3.76. The predicted molar refractivity (Wildman–Crippen MR) is 104 cm³/mol. The molecule has 1 N–H and O–H groups in total. The van der Waals surface area contributed by atoms with E-state index in [2.05, 4.69) is 35.9 Å². The Balaban J connectivity index is 2.02. The average molecular weight is 366 g/mol. The largest absolute Gasteiger partial charge is 0.343 e. The Morgan fingerprint density at radius 3 is 2.23 bits per heavy atom. The Labute approximate surface area is 157 Å². The number of likely N-dealkylation sites (N-methyl/N-ethyl adjacent to an activating group) is 1. The van der Waals surface area contributed by atoms with Crippen molar-refractivity contribution in [1.29, 1.82) is 0 Å². The van der Waals surface area contributed by atoms with Crippen LogP contribution in [-0.2, 0) is 4.79 Å². The van der Waals surface area contributed by atoms with Gasteiger partial charge >= 0.3 is 6.03 Å². The van der Waals surface area contributed by atoms with Crippen molar-refractivity contribution >= 4 is 17.9 Å². The van der Waals surface area contributed by atoms with E-state index in [1.54, 1.807) is 11.9 Å². The van der Waals surface area contributed by atoms with Crippen LogP contribution in [0.1, 0.15) is 65.7 Å². The highest BCUT2D eigenvalue weighted by Gasteiger charge is 2.49. The molecule has 2 heterocycles. The van der Waals surface area contributed by atoms with Crippen molar-refractivity contribution in [3.05, 3.63) is 0 Å². The van der Waals surface area contributed by atoms with Crippen molar-refractivity contribution in [2.24, 2.45) is 4.99 Å². The molecule has 2 atom stereocenters. The number of nitrogens with zero attached hydrogens (tertiary/aromatic N) is 4. The summed E-state index contributed by atoms with van der Waals surface area (Å²) >= 11 is 0. The van der Waals surface area contributed by atoms with Gasteiger partial charge in [-0.25, -0.2) is 9.79 Å². The Morgan fingerprint density at radius 1 is 1.00 bits per heavy atom. The van der Waals surface area contributed by atoms with Gasteiger partial charge in [0.2, 0.25) is 0 Å². The standard InChI is InChI=1S/C19H35N5O2/c1-5-8-9-10-11-12-13-14-24-15-16(20-18(24)23(6-2)7-3)22(4)19(26)21-17(15)25/h15-16H,5-14H2,1-4H3,(H,21,25,26). The maximum atomic E-state index is 12.5.